The molecule has 90 valence electrons. The molecule has 2 heterocycles. The Morgan fingerprint density at radius 3 is 2.94 bits per heavy atom. The molecule has 0 fully saturated rings. The fourth-order valence-corrected chi connectivity index (χ4v) is 2.58. The van der Waals surface area contributed by atoms with Crippen LogP contribution in [0.4, 0.5) is 5.82 Å². The Hall–Kier alpha value is -1.14. The molecule has 0 bridgehead atoms. The van der Waals surface area contributed by atoms with E-state index in [1.165, 1.54) is 11.3 Å². The van der Waals surface area contributed by atoms with Crippen molar-refractivity contribution in [2.75, 3.05) is 5.32 Å². The lowest BCUT2D eigenvalue weighted by Crippen LogP contribution is -2.16. The second-order valence-corrected chi connectivity index (χ2v) is 6.14. The van der Waals surface area contributed by atoms with Gasteiger partial charge in [-0.05, 0) is 35.8 Å². The lowest BCUT2D eigenvalue weighted by atomic mass is 10.3. The average molecular weight is 314 g/mol. The molecule has 6 heteroatoms. The molecule has 1 amide bonds. The minimum absolute atomic E-state index is 0.116. The maximum atomic E-state index is 11.9. The molecule has 17 heavy (non-hydrogen) atoms. The average Bonchev–Trinajstić information content (AvgIpc) is 2.86. The van der Waals surface area contributed by atoms with Crippen LogP contribution in [0.2, 0.25) is 0 Å². The summed E-state index contributed by atoms with van der Waals surface area (Å²) in [6.07, 6.45) is 1.68. The molecule has 0 saturated carbocycles. The summed E-state index contributed by atoms with van der Waals surface area (Å²) in [7, 11) is 0. The van der Waals surface area contributed by atoms with Gasteiger partial charge in [0, 0.05) is 17.5 Å². The molecular formula is C11H12BrN3OS. The highest BCUT2D eigenvalue weighted by molar-refractivity contribution is 9.11. The lowest BCUT2D eigenvalue weighted by Gasteiger charge is -2.11. The van der Waals surface area contributed by atoms with E-state index in [1.807, 2.05) is 19.2 Å². The predicted molar refractivity (Wildman–Crippen MR) is 72.6 cm³/mol. The van der Waals surface area contributed by atoms with Gasteiger partial charge in [0.05, 0.1) is 15.5 Å². The van der Waals surface area contributed by atoms with E-state index in [0.29, 0.717) is 11.4 Å². The van der Waals surface area contributed by atoms with E-state index in [-0.39, 0.29) is 11.9 Å². The Bertz CT molecular complexity index is 532. The normalized spacial score (nSPS) is 10.8. The first kappa shape index (κ1) is 12.3. The number of carbonyl (C=O) groups is 1. The van der Waals surface area contributed by atoms with Crippen molar-refractivity contribution in [1.82, 2.24) is 9.78 Å². The quantitative estimate of drug-likeness (QED) is 0.942. The SMILES string of the molecule is CC(C)n1nccc1NC(=O)c1csc(Br)c1. The van der Waals surface area contributed by atoms with Crippen LogP contribution in [0.3, 0.4) is 0 Å². The molecule has 0 unspecified atom stereocenters. The summed E-state index contributed by atoms with van der Waals surface area (Å²) >= 11 is 4.83. The highest BCUT2D eigenvalue weighted by Crippen LogP contribution is 2.22. The van der Waals surface area contributed by atoms with Crippen LogP contribution < -0.4 is 5.32 Å². The number of carbonyl (C=O) groups excluding carboxylic acids is 1. The molecule has 2 rings (SSSR count). The molecule has 0 atom stereocenters. The van der Waals surface area contributed by atoms with Gasteiger partial charge in [0.2, 0.25) is 0 Å². The number of hydrogen-bond donors (Lipinski definition) is 1. The summed E-state index contributed by atoms with van der Waals surface area (Å²) in [5.74, 6) is 0.599. The third kappa shape index (κ3) is 2.76. The van der Waals surface area contributed by atoms with Crippen molar-refractivity contribution in [3.05, 3.63) is 33.1 Å². The van der Waals surface area contributed by atoms with Crippen LogP contribution in [-0.2, 0) is 0 Å². The Morgan fingerprint density at radius 1 is 1.59 bits per heavy atom. The minimum atomic E-state index is -0.116. The van der Waals surface area contributed by atoms with Gasteiger partial charge >= 0.3 is 0 Å². The number of nitrogens with zero attached hydrogens (tertiary/aromatic N) is 2. The monoisotopic (exact) mass is 313 g/mol. The third-order valence-corrected chi connectivity index (χ3v) is 3.74. The van der Waals surface area contributed by atoms with Gasteiger partial charge in [-0.3, -0.25) is 4.79 Å². The maximum Gasteiger partial charge on any atom is 0.257 e. The van der Waals surface area contributed by atoms with Crippen LogP contribution in [0.5, 0.6) is 0 Å². The number of halogens is 1. The largest absolute Gasteiger partial charge is 0.307 e. The Kier molecular flexibility index (Phi) is 3.63. The fourth-order valence-electron chi connectivity index (χ4n) is 1.44. The molecule has 0 radical (unpaired) electrons. The van der Waals surface area contributed by atoms with Gasteiger partial charge in [0.1, 0.15) is 5.82 Å². The van der Waals surface area contributed by atoms with Crippen LogP contribution in [-0.4, -0.2) is 15.7 Å². The number of amides is 1. The Balaban J connectivity index is 2.16. The van der Waals surface area contributed by atoms with Crippen molar-refractivity contribution in [1.29, 1.82) is 0 Å². The summed E-state index contributed by atoms with van der Waals surface area (Å²) in [4.78, 5) is 11.9. The molecule has 0 aromatic carbocycles. The van der Waals surface area contributed by atoms with E-state index < -0.39 is 0 Å². The molecule has 0 spiro atoms. The zero-order valence-corrected chi connectivity index (χ0v) is 11.9. The standard InChI is InChI=1S/C11H12BrN3OS/c1-7(2)15-10(3-4-13-15)14-11(16)8-5-9(12)17-6-8/h3-7H,1-2H3,(H,14,16). The van der Waals surface area contributed by atoms with Crippen molar-refractivity contribution in [2.45, 2.75) is 19.9 Å². The summed E-state index contributed by atoms with van der Waals surface area (Å²) in [5, 5.41) is 8.83. The van der Waals surface area contributed by atoms with Gasteiger partial charge < -0.3 is 5.32 Å². The van der Waals surface area contributed by atoms with Crippen molar-refractivity contribution in [2.24, 2.45) is 0 Å². The van der Waals surface area contributed by atoms with Crippen LogP contribution in [0.1, 0.15) is 30.2 Å². The molecule has 0 aliphatic rings. The van der Waals surface area contributed by atoms with Gasteiger partial charge in [-0.15, -0.1) is 11.3 Å². The molecule has 4 nitrogen and oxygen atoms in total. The number of nitrogens with one attached hydrogen (secondary N) is 1. The van der Waals surface area contributed by atoms with E-state index in [4.69, 9.17) is 0 Å². The second kappa shape index (κ2) is 5.01. The molecule has 0 aliphatic heterocycles. The van der Waals surface area contributed by atoms with Crippen LogP contribution >= 0.6 is 27.3 Å². The fraction of sp³-hybridized carbons (Fsp3) is 0.273. The van der Waals surface area contributed by atoms with Gasteiger partial charge in [0.25, 0.3) is 5.91 Å². The highest BCUT2D eigenvalue weighted by atomic mass is 79.9. The molecule has 2 aromatic heterocycles. The summed E-state index contributed by atoms with van der Waals surface area (Å²) in [6.45, 7) is 4.04. The zero-order chi connectivity index (χ0) is 12.4. The summed E-state index contributed by atoms with van der Waals surface area (Å²) < 4.78 is 2.72. The molecule has 2 aromatic rings. The number of hydrogen-bond acceptors (Lipinski definition) is 3. The maximum absolute atomic E-state index is 11.9. The van der Waals surface area contributed by atoms with E-state index in [2.05, 4.69) is 26.3 Å². The van der Waals surface area contributed by atoms with Crippen molar-refractivity contribution in [3.63, 3.8) is 0 Å². The molecule has 0 saturated heterocycles. The van der Waals surface area contributed by atoms with E-state index in [0.717, 1.165) is 3.79 Å². The second-order valence-electron chi connectivity index (χ2n) is 3.85. The Morgan fingerprint density at radius 2 is 2.35 bits per heavy atom. The lowest BCUT2D eigenvalue weighted by molar-refractivity contribution is 0.102. The van der Waals surface area contributed by atoms with Crippen LogP contribution in [0.25, 0.3) is 0 Å². The van der Waals surface area contributed by atoms with E-state index in [9.17, 15) is 4.79 Å². The number of aromatic nitrogens is 2. The van der Waals surface area contributed by atoms with Gasteiger partial charge in [-0.1, -0.05) is 0 Å². The van der Waals surface area contributed by atoms with Crippen molar-refractivity contribution < 1.29 is 4.79 Å². The zero-order valence-electron chi connectivity index (χ0n) is 9.48. The van der Waals surface area contributed by atoms with Crippen molar-refractivity contribution >= 4 is 39.0 Å². The summed E-state index contributed by atoms with van der Waals surface area (Å²) in [5.41, 5.74) is 0.651. The van der Waals surface area contributed by atoms with Crippen molar-refractivity contribution in [3.8, 4) is 0 Å². The highest BCUT2D eigenvalue weighted by Gasteiger charge is 2.12. The summed E-state index contributed by atoms with van der Waals surface area (Å²) in [6, 6.07) is 3.81. The van der Waals surface area contributed by atoms with E-state index >= 15 is 0 Å². The third-order valence-electron chi connectivity index (χ3n) is 2.23. The van der Waals surface area contributed by atoms with Crippen LogP contribution in [0.15, 0.2) is 27.5 Å². The number of rotatable bonds is 3. The number of anilines is 1. The van der Waals surface area contributed by atoms with Crippen LogP contribution in [0, 0.1) is 0 Å². The molecule has 0 aliphatic carbocycles. The smallest absolute Gasteiger partial charge is 0.257 e. The van der Waals surface area contributed by atoms with E-state index in [1.54, 1.807) is 23.0 Å². The first-order valence-corrected chi connectivity index (χ1v) is 6.84. The minimum Gasteiger partial charge on any atom is -0.307 e. The topological polar surface area (TPSA) is 46.9 Å². The first-order valence-electron chi connectivity index (χ1n) is 5.17. The first-order chi connectivity index (χ1) is 8.08. The van der Waals surface area contributed by atoms with Gasteiger partial charge in [0.15, 0.2) is 0 Å². The Labute approximate surface area is 112 Å². The molecule has 1 N–H and O–H groups in total. The molecular weight excluding hydrogens is 302 g/mol. The predicted octanol–water partition coefficient (Wildman–Crippen LogP) is 3.54. The number of thiophene rings is 1. The van der Waals surface area contributed by atoms with Gasteiger partial charge in [-0.25, -0.2) is 4.68 Å². The van der Waals surface area contributed by atoms with Gasteiger partial charge in [-0.2, -0.15) is 5.10 Å².